The highest BCUT2D eigenvalue weighted by Gasteiger charge is 2.24. The van der Waals surface area contributed by atoms with Crippen LogP contribution in [0, 0.1) is 5.82 Å². The minimum Gasteiger partial charge on any atom is -0.371 e. The summed E-state index contributed by atoms with van der Waals surface area (Å²) >= 11 is 0. The van der Waals surface area contributed by atoms with Gasteiger partial charge in [-0.05, 0) is 61.4 Å². The van der Waals surface area contributed by atoms with Crippen LogP contribution in [0.15, 0.2) is 65.5 Å². The van der Waals surface area contributed by atoms with Gasteiger partial charge in [-0.3, -0.25) is 9.67 Å². The molecule has 0 radical (unpaired) electrons. The van der Waals surface area contributed by atoms with Crippen molar-refractivity contribution in [1.29, 1.82) is 0 Å². The molecule has 0 saturated carbocycles. The molecule has 0 amide bonds. The third kappa shape index (κ3) is 3.23. The van der Waals surface area contributed by atoms with Crippen LogP contribution in [0.1, 0.15) is 18.9 Å². The Hall–Kier alpha value is -4.40. The molecule has 1 fully saturated rings. The fourth-order valence-electron chi connectivity index (χ4n) is 5.29. The van der Waals surface area contributed by atoms with Crippen LogP contribution in [0.5, 0.6) is 0 Å². The van der Waals surface area contributed by atoms with Gasteiger partial charge in [0.25, 0.3) is 0 Å². The standard InChI is InChI=1S/C26H22FN7O/c27-15-5-7-19-18(13-15)24(32-31-19)25-28-20-8-6-17(14-22(20)29-25)33-11-9-16(10-12-33)34-23-4-2-1-3-21(23)30-26(34)35/h1-8,13-14,16H,9-12H2,(H,28,29)(H,30,35)(H,31,32). The van der Waals surface area contributed by atoms with Gasteiger partial charge in [0.2, 0.25) is 0 Å². The van der Waals surface area contributed by atoms with E-state index < -0.39 is 0 Å². The highest BCUT2D eigenvalue weighted by Crippen LogP contribution is 2.31. The first-order valence-corrected chi connectivity index (χ1v) is 11.7. The molecule has 0 unspecified atom stereocenters. The van der Waals surface area contributed by atoms with Gasteiger partial charge in [0.1, 0.15) is 11.5 Å². The number of hydrogen-bond donors (Lipinski definition) is 3. The Kier molecular flexibility index (Phi) is 4.32. The second-order valence-electron chi connectivity index (χ2n) is 9.08. The van der Waals surface area contributed by atoms with Crippen LogP contribution in [-0.2, 0) is 0 Å². The molecule has 0 bridgehead atoms. The molecular formula is C26H22FN7O. The van der Waals surface area contributed by atoms with Crippen LogP contribution in [0.4, 0.5) is 10.1 Å². The van der Waals surface area contributed by atoms with Crippen molar-refractivity contribution in [3.8, 4) is 11.5 Å². The zero-order valence-corrected chi connectivity index (χ0v) is 18.8. The maximum atomic E-state index is 13.8. The van der Waals surface area contributed by atoms with Gasteiger partial charge in [-0.1, -0.05) is 12.1 Å². The molecule has 35 heavy (non-hydrogen) atoms. The lowest BCUT2D eigenvalue weighted by atomic mass is 10.0. The van der Waals surface area contributed by atoms with Gasteiger partial charge < -0.3 is 14.9 Å². The first-order chi connectivity index (χ1) is 17.1. The Labute approximate surface area is 198 Å². The summed E-state index contributed by atoms with van der Waals surface area (Å²) in [7, 11) is 0. The summed E-state index contributed by atoms with van der Waals surface area (Å²) in [4.78, 5) is 25.9. The van der Waals surface area contributed by atoms with Crippen molar-refractivity contribution in [2.24, 2.45) is 0 Å². The van der Waals surface area contributed by atoms with Crippen LogP contribution in [-0.4, -0.2) is 42.8 Å². The van der Waals surface area contributed by atoms with Gasteiger partial charge in [0, 0.05) is 30.2 Å². The molecule has 3 aromatic heterocycles. The van der Waals surface area contributed by atoms with Crippen molar-refractivity contribution < 1.29 is 4.39 Å². The van der Waals surface area contributed by atoms with E-state index in [1.807, 2.05) is 34.9 Å². The van der Waals surface area contributed by atoms with Crippen LogP contribution < -0.4 is 10.6 Å². The Balaban J connectivity index is 1.15. The molecular weight excluding hydrogens is 445 g/mol. The molecule has 1 aliphatic heterocycles. The maximum Gasteiger partial charge on any atom is 0.326 e. The molecule has 4 heterocycles. The molecule has 1 saturated heterocycles. The molecule has 174 valence electrons. The highest BCUT2D eigenvalue weighted by molar-refractivity contribution is 5.93. The van der Waals surface area contributed by atoms with E-state index in [2.05, 4.69) is 42.2 Å². The number of nitrogens with one attached hydrogen (secondary N) is 3. The van der Waals surface area contributed by atoms with Gasteiger partial charge >= 0.3 is 5.69 Å². The van der Waals surface area contributed by atoms with E-state index in [4.69, 9.17) is 0 Å². The van der Waals surface area contributed by atoms with E-state index >= 15 is 0 Å². The van der Waals surface area contributed by atoms with Crippen LogP contribution in [0.2, 0.25) is 0 Å². The number of rotatable bonds is 3. The van der Waals surface area contributed by atoms with Crippen molar-refractivity contribution in [2.45, 2.75) is 18.9 Å². The van der Waals surface area contributed by atoms with E-state index in [0.717, 1.165) is 59.2 Å². The second kappa shape index (κ2) is 7.56. The Morgan fingerprint density at radius 2 is 1.77 bits per heavy atom. The summed E-state index contributed by atoms with van der Waals surface area (Å²) in [6, 6.07) is 18.7. The summed E-state index contributed by atoms with van der Waals surface area (Å²) in [6.45, 7) is 1.71. The average Bonchev–Trinajstić information content (AvgIpc) is 3.57. The fraction of sp³-hybridized carbons (Fsp3) is 0.192. The molecule has 0 spiro atoms. The van der Waals surface area contributed by atoms with Crippen molar-refractivity contribution in [2.75, 3.05) is 18.0 Å². The first-order valence-electron chi connectivity index (χ1n) is 11.7. The summed E-state index contributed by atoms with van der Waals surface area (Å²) in [6.07, 6.45) is 1.78. The van der Waals surface area contributed by atoms with Gasteiger partial charge in [-0.2, -0.15) is 5.10 Å². The van der Waals surface area contributed by atoms with Crippen molar-refractivity contribution >= 4 is 38.7 Å². The number of halogens is 1. The Morgan fingerprint density at radius 3 is 2.66 bits per heavy atom. The van der Waals surface area contributed by atoms with Gasteiger partial charge in [-0.25, -0.2) is 14.2 Å². The molecule has 0 atom stereocenters. The number of piperidine rings is 1. The number of benzene rings is 3. The maximum absolute atomic E-state index is 13.8. The van der Waals surface area contributed by atoms with Gasteiger partial charge in [-0.15, -0.1) is 0 Å². The quantitative estimate of drug-likeness (QED) is 0.350. The number of imidazole rings is 2. The van der Waals surface area contributed by atoms with Crippen molar-refractivity contribution in [3.05, 3.63) is 77.0 Å². The summed E-state index contributed by atoms with van der Waals surface area (Å²) < 4.78 is 15.7. The van der Waals surface area contributed by atoms with Gasteiger partial charge in [0.05, 0.1) is 27.6 Å². The Bertz CT molecular complexity index is 1770. The predicted molar refractivity (Wildman–Crippen MR) is 134 cm³/mol. The lowest BCUT2D eigenvalue weighted by Gasteiger charge is -2.34. The minimum atomic E-state index is -0.308. The molecule has 3 N–H and O–H groups in total. The van der Waals surface area contributed by atoms with Gasteiger partial charge in [0.15, 0.2) is 5.82 Å². The number of aromatic nitrogens is 6. The normalized spacial score (nSPS) is 15.1. The largest absolute Gasteiger partial charge is 0.371 e. The number of fused-ring (bicyclic) bond motifs is 3. The van der Waals surface area contributed by atoms with E-state index in [1.165, 1.54) is 12.1 Å². The summed E-state index contributed by atoms with van der Waals surface area (Å²) in [5.74, 6) is 0.295. The van der Waals surface area contributed by atoms with Crippen molar-refractivity contribution in [1.82, 2.24) is 29.7 Å². The van der Waals surface area contributed by atoms with Crippen LogP contribution in [0.25, 0.3) is 44.5 Å². The topological polar surface area (TPSA) is 98.4 Å². The first kappa shape index (κ1) is 20.0. The number of aromatic amines is 3. The molecule has 6 aromatic rings. The second-order valence-corrected chi connectivity index (χ2v) is 9.08. The summed E-state index contributed by atoms with van der Waals surface area (Å²) in [5.41, 5.74) is 6.01. The fourth-order valence-corrected chi connectivity index (χ4v) is 5.29. The van der Waals surface area contributed by atoms with E-state index in [0.29, 0.717) is 16.9 Å². The molecule has 9 heteroatoms. The highest BCUT2D eigenvalue weighted by atomic mass is 19.1. The lowest BCUT2D eigenvalue weighted by Crippen LogP contribution is -2.37. The molecule has 7 rings (SSSR count). The molecule has 8 nitrogen and oxygen atoms in total. The molecule has 0 aliphatic carbocycles. The molecule has 1 aliphatic rings. The van der Waals surface area contributed by atoms with Crippen LogP contribution >= 0.6 is 0 Å². The number of nitrogens with zero attached hydrogens (tertiary/aromatic N) is 4. The average molecular weight is 468 g/mol. The number of anilines is 1. The number of para-hydroxylation sites is 2. The molecule has 3 aromatic carbocycles. The van der Waals surface area contributed by atoms with Crippen LogP contribution in [0.3, 0.4) is 0 Å². The number of hydrogen-bond acceptors (Lipinski definition) is 4. The zero-order chi connectivity index (χ0) is 23.5. The lowest BCUT2D eigenvalue weighted by molar-refractivity contribution is 0.396. The smallest absolute Gasteiger partial charge is 0.326 e. The third-order valence-corrected chi connectivity index (χ3v) is 7.03. The zero-order valence-electron chi connectivity index (χ0n) is 18.8. The predicted octanol–water partition coefficient (Wildman–Crippen LogP) is 4.73. The van der Waals surface area contributed by atoms with E-state index in [-0.39, 0.29) is 17.5 Å². The summed E-state index contributed by atoms with van der Waals surface area (Å²) in [5, 5.41) is 7.98. The Morgan fingerprint density at radius 1 is 0.914 bits per heavy atom. The SMILES string of the molecule is O=c1[nH]c2ccccc2n1C1CCN(c2ccc3nc(-c4n[nH]c5ccc(F)cc45)[nH]c3c2)CC1. The number of H-pyrrole nitrogens is 3. The van der Waals surface area contributed by atoms with E-state index in [9.17, 15) is 9.18 Å². The minimum absolute atomic E-state index is 0.0400. The third-order valence-electron chi connectivity index (χ3n) is 7.03. The van der Waals surface area contributed by atoms with Crippen molar-refractivity contribution in [3.63, 3.8) is 0 Å². The van der Waals surface area contributed by atoms with E-state index in [1.54, 1.807) is 6.07 Å². The monoisotopic (exact) mass is 467 g/mol.